The maximum absolute atomic E-state index is 4.28. The smallest absolute Gasteiger partial charge is 0.198 e. The molecular weight excluding hydrogens is 256 g/mol. The third-order valence-electron chi connectivity index (χ3n) is 2.56. The molecule has 4 nitrogen and oxygen atoms in total. The molecule has 0 atom stereocenters. The molecular formula is C14H11N4S. The van der Waals surface area contributed by atoms with E-state index < -0.39 is 0 Å². The highest BCUT2D eigenvalue weighted by atomic mass is 32.1. The Morgan fingerprint density at radius 2 is 2.11 bits per heavy atom. The van der Waals surface area contributed by atoms with Crippen molar-refractivity contribution in [2.75, 3.05) is 5.32 Å². The highest BCUT2D eigenvalue weighted by Gasteiger charge is 2.03. The van der Waals surface area contributed by atoms with Crippen LogP contribution in [-0.2, 0) is 6.54 Å². The van der Waals surface area contributed by atoms with Crippen LogP contribution in [0.4, 0.5) is 5.00 Å². The number of thiophene rings is 1. The zero-order valence-electron chi connectivity index (χ0n) is 10.1. The second-order valence-corrected chi connectivity index (χ2v) is 4.96. The Labute approximate surface area is 115 Å². The first-order valence-electron chi connectivity index (χ1n) is 5.85. The van der Waals surface area contributed by atoms with Crippen molar-refractivity contribution < 1.29 is 0 Å². The van der Waals surface area contributed by atoms with E-state index in [0.29, 0.717) is 0 Å². The lowest BCUT2D eigenvalue weighted by atomic mass is 10.3. The number of nitrogens with zero attached hydrogens (tertiary/aromatic N) is 3. The average molecular weight is 267 g/mol. The van der Waals surface area contributed by atoms with Crippen LogP contribution < -0.4 is 5.32 Å². The van der Waals surface area contributed by atoms with Crippen molar-refractivity contribution >= 4 is 16.3 Å². The lowest BCUT2D eigenvalue weighted by molar-refractivity contribution is 1.05. The van der Waals surface area contributed by atoms with Crippen molar-refractivity contribution in [1.82, 2.24) is 15.0 Å². The Balaban J connectivity index is 1.69. The number of aromatic nitrogens is 3. The molecule has 0 saturated heterocycles. The Bertz CT molecular complexity index is 637. The van der Waals surface area contributed by atoms with Crippen molar-refractivity contribution in [3.63, 3.8) is 0 Å². The predicted molar refractivity (Wildman–Crippen MR) is 75.7 cm³/mol. The van der Waals surface area contributed by atoms with Crippen LogP contribution in [0.1, 0.15) is 5.69 Å². The summed E-state index contributed by atoms with van der Waals surface area (Å²) in [6.45, 7) is 0.719. The van der Waals surface area contributed by atoms with Gasteiger partial charge in [0.05, 0.1) is 27.8 Å². The zero-order valence-corrected chi connectivity index (χ0v) is 10.9. The molecule has 5 heteroatoms. The summed E-state index contributed by atoms with van der Waals surface area (Å²) in [4.78, 5) is 13.3. The van der Waals surface area contributed by atoms with Crippen LogP contribution in [0.15, 0.2) is 48.8 Å². The lowest BCUT2D eigenvalue weighted by Gasteiger charge is -2.02. The number of pyridine rings is 1. The third kappa shape index (κ3) is 2.95. The van der Waals surface area contributed by atoms with Crippen LogP contribution in [0.5, 0.6) is 0 Å². The number of anilines is 1. The molecule has 0 amide bonds. The van der Waals surface area contributed by atoms with Gasteiger partial charge in [0.1, 0.15) is 0 Å². The van der Waals surface area contributed by atoms with Crippen LogP contribution in [0.2, 0.25) is 0 Å². The first-order valence-corrected chi connectivity index (χ1v) is 6.66. The number of rotatable bonds is 4. The average Bonchev–Trinajstić information content (AvgIpc) is 2.96. The first kappa shape index (κ1) is 11.8. The monoisotopic (exact) mass is 267 g/mol. The topological polar surface area (TPSA) is 50.7 Å². The summed E-state index contributed by atoms with van der Waals surface area (Å²) in [7, 11) is 0. The van der Waals surface area contributed by atoms with Gasteiger partial charge in [-0.25, -0.2) is 9.97 Å². The summed E-state index contributed by atoms with van der Waals surface area (Å²) in [6.07, 6.45) is 6.10. The van der Waals surface area contributed by atoms with Crippen molar-refractivity contribution in [1.29, 1.82) is 0 Å². The fourth-order valence-electron chi connectivity index (χ4n) is 1.65. The van der Waals surface area contributed by atoms with E-state index in [9.17, 15) is 0 Å². The quantitative estimate of drug-likeness (QED) is 0.789. The van der Waals surface area contributed by atoms with Gasteiger partial charge in [-0.1, -0.05) is 6.07 Å². The summed E-state index contributed by atoms with van der Waals surface area (Å²) in [5, 5.41) is 4.45. The maximum atomic E-state index is 4.28. The summed E-state index contributed by atoms with van der Waals surface area (Å²) >= 11 is 1.66. The SMILES string of the molecule is [c]1nccc(-c2ccc(NCc3ccccn3)s2)n1. The van der Waals surface area contributed by atoms with E-state index in [4.69, 9.17) is 0 Å². The number of hydrogen-bond acceptors (Lipinski definition) is 5. The predicted octanol–water partition coefficient (Wildman–Crippen LogP) is 3.01. The zero-order chi connectivity index (χ0) is 12.9. The Morgan fingerprint density at radius 1 is 1.11 bits per heavy atom. The normalized spacial score (nSPS) is 10.3. The fourth-order valence-corrected chi connectivity index (χ4v) is 2.52. The minimum absolute atomic E-state index is 0.719. The summed E-state index contributed by atoms with van der Waals surface area (Å²) in [5.74, 6) is 0. The summed E-state index contributed by atoms with van der Waals surface area (Å²) < 4.78 is 0. The number of hydrogen-bond donors (Lipinski definition) is 1. The van der Waals surface area contributed by atoms with E-state index >= 15 is 0 Å². The molecule has 1 N–H and O–H groups in total. The molecule has 93 valence electrons. The van der Waals surface area contributed by atoms with Crippen molar-refractivity contribution in [2.24, 2.45) is 0 Å². The summed E-state index contributed by atoms with van der Waals surface area (Å²) in [6, 6.07) is 11.9. The molecule has 0 bridgehead atoms. The molecule has 0 aliphatic carbocycles. The molecule has 0 saturated carbocycles. The highest BCUT2D eigenvalue weighted by molar-refractivity contribution is 7.19. The fraction of sp³-hybridized carbons (Fsp3) is 0.0714. The Hall–Kier alpha value is -2.27. The van der Waals surface area contributed by atoms with Crippen molar-refractivity contribution in [3.8, 4) is 10.6 Å². The van der Waals surface area contributed by atoms with Crippen LogP contribution in [0, 0.1) is 6.33 Å². The van der Waals surface area contributed by atoms with E-state index in [1.165, 1.54) is 0 Å². The van der Waals surface area contributed by atoms with Crippen molar-refractivity contribution in [2.45, 2.75) is 6.54 Å². The van der Waals surface area contributed by atoms with Gasteiger partial charge in [0.15, 0.2) is 6.33 Å². The Kier molecular flexibility index (Phi) is 3.47. The molecule has 3 aromatic rings. The molecule has 0 aliphatic heterocycles. The van der Waals surface area contributed by atoms with Gasteiger partial charge in [-0.2, -0.15) is 0 Å². The minimum Gasteiger partial charge on any atom is -0.371 e. The largest absolute Gasteiger partial charge is 0.371 e. The second kappa shape index (κ2) is 5.58. The first-order chi connectivity index (χ1) is 9.42. The van der Waals surface area contributed by atoms with E-state index in [2.05, 4.69) is 26.6 Å². The highest BCUT2D eigenvalue weighted by Crippen LogP contribution is 2.29. The molecule has 3 heterocycles. The summed E-state index contributed by atoms with van der Waals surface area (Å²) in [5.41, 5.74) is 1.92. The molecule has 3 aromatic heterocycles. The second-order valence-electron chi connectivity index (χ2n) is 3.88. The van der Waals surface area contributed by atoms with Gasteiger partial charge in [0, 0.05) is 12.4 Å². The van der Waals surface area contributed by atoms with Gasteiger partial charge < -0.3 is 5.32 Å². The standard InChI is InChI=1S/C14H11N4S/c1-2-7-16-11(3-1)9-17-14-5-4-13(19-14)12-6-8-15-10-18-12/h1-8,17H,9H2. The van der Waals surface area contributed by atoms with Gasteiger partial charge >= 0.3 is 0 Å². The van der Waals surface area contributed by atoms with Gasteiger partial charge in [-0.15, -0.1) is 11.3 Å². The molecule has 19 heavy (non-hydrogen) atoms. The van der Waals surface area contributed by atoms with Crippen molar-refractivity contribution in [3.05, 3.63) is 60.8 Å². The molecule has 0 aromatic carbocycles. The van der Waals surface area contributed by atoms with E-state index in [1.54, 1.807) is 23.7 Å². The number of nitrogens with one attached hydrogen (secondary N) is 1. The van der Waals surface area contributed by atoms with Crippen LogP contribution in [0.25, 0.3) is 10.6 Å². The van der Waals surface area contributed by atoms with Crippen LogP contribution >= 0.6 is 11.3 Å². The molecule has 3 rings (SSSR count). The molecule has 0 aliphatic rings. The molecule has 0 fully saturated rings. The van der Waals surface area contributed by atoms with E-state index in [0.717, 1.165) is 27.8 Å². The van der Waals surface area contributed by atoms with E-state index in [-0.39, 0.29) is 0 Å². The lowest BCUT2D eigenvalue weighted by Crippen LogP contribution is -1.98. The van der Waals surface area contributed by atoms with Gasteiger partial charge in [0.25, 0.3) is 0 Å². The van der Waals surface area contributed by atoms with Crippen LogP contribution in [0.3, 0.4) is 0 Å². The molecule has 0 unspecified atom stereocenters. The van der Waals surface area contributed by atoms with E-state index in [1.807, 2.05) is 36.4 Å². The Morgan fingerprint density at radius 3 is 2.89 bits per heavy atom. The molecule has 1 radical (unpaired) electrons. The van der Waals surface area contributed by atoms with Gasteiger partial charge in [0.2, 0.25) is 0 Å². The van der Waals surface area contributed by atoms with Gasteiger partial charge in [-0.05, 0) is 30.3 Å². The molecule has 0 spiro atoms. The third-order valence-corrected chi connectivity index (χ3v) is 3.63. The maximum Gasteiger partial charge on any atom is 0.198 e. The van der Waals surface area contributed by atoms with Gasteiger partial charge in [-0.3, -0.25) is 4.98 Å². The minimum atomic E-state index is 0.719. The van der Waals surface area contributed by atoms with Crippen LogP contribution in [-0.4, -0.2) is 15.0 Å².